The molecule has 8 heteroatoms. The van der Waals surface area contributed by atoms with Gasteiger partial charge in [-0.15, -0.1) is 0 Å². The molecule has 1 saturated heterocycles. The van der Waals surface area contributed by atoms with Crippen molar-refractivity contribution in [3.05, 3.63) is 59.2 Å². The van der Waals surface area contributed by atoms with Gasteiger partial charge in [0, 0.05) is 25.1 Å². The second-order valence-corrected chi connectivity index (χ2v) is 8.38. The zero-order valence-electron chi connectivity index (χ0n) is 17.8. The van der Waals surface area contributed by atoms with Crippen LogP contribution in [-0.4, -0.2) is 30.7 Å². The molecule has 0 atom stereocenters. The predicted molar refractivity (Wildman–Crippen MR) is 113 cm³/mol. The summed E-state index contributed by atoms with van der Waals surface area (Å²) in [6.07, 6.45) is -1.15. The van der Waals surface area contributed by atoms with E-state index in [2.05, 4.69) is 16.3 Å². The summed E-state index contributed by atoms with van der Waals surface area (Å²) < 4.78 is 49.4. The van der Waals surface area contributed by atoms with Crippen molar-refractivity contribution >= 4 is 5.91 Å². The fourth-order valence-electron chi connectivity index (χ4n) is 4.27. The molecule has 0 aromatic heterocycles. The van der Waals surface area contributed by atoms with Crippen LogP contribution in [-0.2, 0) is 24.1 Å². The van der Waals surface area contributed by atoms with Crippen molar-refractivity contribution in [2.45, 2.75) is 44.9 Å². The number of carbonyl (C=O) groups is 1. The van der Waals surface area contributed by atoms with E-state index in [9.17, 15) is 18.0 Å². The number of nitrogens with zero attached hydrogens (tertiary/aromatic N) is 1. The highest BCUT2D eigenvalue weighted by atomic mass is 19.4. The summed E-state index contributed by atoms with van der Waals surface area (Å²) in [5, 5.41) is 2.74. The standard InChI is InChI=1S/C24H27F3N2O3/c25-24(26,27)20-5-1-3-18(13-20)14-28-22(30)8-7-17-9-11-29(12-10-17)15-19-4-2-6-21-23(19)32-16-31-21/h1-6,13,17H,7-12,14-16H2,(H,28,30). The Morgan fingerprint density at radius 3 is 2.66 bits per heavy atom. The molecule has 32 heavy (non-hydrogen) atoms. The van der Waals surface area contributed by atoms with Crippen molar-refractivity contribution < 1.29 is 27.4 Å². The molecule has 4 rings (SSSR count). The van der Waals surface area contributed by atoms with Crippen LogP contribution in [0.5, 0.6) is 11.5 Å². The van der Waals surface area contributed by atoms with Gasteiger partial charge in [0.05, 0.1) is 5.56 Å². The molecule has 2 aromatic rings. The molecule has 2 aromatic carbocycles. The SMILES string of the molecule is O=C(CCC1CCN(Cc2cccc3c2OCO3)CC1)NCc1cccc(C(F)(F)F)c1. The Morgan fingerprint density at radius 2 is 1.88 bits per heavy atom. The largest absolute Gasteiger partial charge is 0.454 e. The summed E-state index contributed by atoms with van der Waals surface area (Å²) in [7, 11) is 0. The predicted octanol–water partition coefficient (Wildman–Crippen LogP) is 4.74. The van der Waals surface area contributed by atoms with Gasteiger partial charge in [0.2, 0.25) is 12.7 Å². The summed E-state index contributed by atoms with van der Waals surface area (Å²) in [5.41, 5.74) is 0.881. The van der Waals surface area contributed by atoms with E-state index in [1.807, 2.05) is 12.1 Å². The van der Waals surface area contributed by atoms with Gasteiger partial charge in [0.1, 0.15) is 0 Å². The van der Waals surface area contributed by atoms with Gasteiger partial charge >= 0.3 is 6.18 Å². The van der Waals surface area contributed by atoms with Gasteiger partial charge in [-0.3, -0.25) is 9.69 Å². The van der Waals surface area contributed by atoms with Crippen molar-refractivity contribution in [2.75, 3.05) is 19.9 Å². The normalized spacial score (nSPS) is 16.8. The number of piperidine rings is 1. The number of carbonyl (C=O) groups excluding carboxylic acids is 1. The van der Waals surface area contributed by atoms with Crippen LogP contribution >= 0.6 is 0 Å². The van der Waals surface area contributed by atoms with Crippen LogP contribution in [0.2, 0.25) is 0 Å². The number of likely N-dealkylation sites (tertiary alicyclic amines) is 1. The number of amides is 1. The first-order valence-electron chi connectivity index (χ1n) is 10.9. The third-order valence-electron chi connectivity index (χ3n) is 6.10. The number of hydrogen-bond donors (Lipinski definition) is 1. The second-order valence-electron chi connectivity index (χ2n) is 8.38. The third kappa shape index (κ3) is 5.73. The molecule has 5 nitrogen and oxygen atoms in total. The van der Waals surface area contributed by atoms with E-state index in [1.165, 1.54) is 6.07 Å². The third-order valence-corrected chi connectivity index (χ3v) is 6.10. The minimum absolute atomic E-state index is 0.106. The lowest BCUT2D eigenvalue weighted by atomic mass is 9.91. The van der Waals surface area contributed by atoms with Crippen molar-refractivity contribution in [1.29, 1.82) is 0 Å². The smallest absolute Gasteiger partial charge is 0.416 e. The molecule has 172 valence electrons. The number of nitrogens with one attached hydrogen (secondary N) is 1. The molecule has 0 radical (unpaired) electrons. The van der Waals surface area contributed by atoms with Gasteiger partial charge in [-0.25, -0.2) is 0 Å². The Labute approximate surface area is 185 Å². The number of ether oxygens (including phenoxy) is 2. The summed E-state index contributed by atoms with van der Waals surface area (Å²) in [6.45, 7) is 3.11. The lowest BCUT2D eigenvalue weighted by Gasteiger charge is -2.32. The lowest BCUT2D eigenvalue weighted by molar-refractivity contribution is -0.137. The highest BCUT2D eigenvalue weighted by molar-refractivity contribution is 5.75. The van der Waals surface area contributed by atoms with Gasteiger partial charge < -0.3 is 14.8 Å². The molecule has 2 aliphatic rings. The Kier molecular flexibility index (Phi) is 6.89. The molecule has 2 heterocycles. The van der Waals surface area contributed by atoms with E-state index in [0.29, 0.717) is 17.9 Å². The van der Waals surface area contributed by atoms with Crippen LogP contribution in [0.3, 0.4) is 0 Å². The van der Waals surface area contributed by atoms with Crippen molar-refractivity contribution in [2.24, 2.45) is 5.92 Å². The van der Waals surface area contributed by atoms with Gasteiger partial charge in [-0.1, -0.05) is 24.3 Å². The average molecular weight is 448 g/mol. The number of para-hydroxylation sites is 1. The van der Waals surface area contributed by atoms with Crippen LogP contribution in [0.1, 0.15) is 42.4 Å². The highest BCUT2D eigenvalue weighted by Crippen LogP contribution is 2.36. The minimum Gasteiger partial charge on any atom is -0.454 e. The number of benzene rings is 2. The fraction of sp³-hybridized carbons (Fsp3) is 0.458. The van der Waals surface area contributed by atoms with E-state index in [4.69, 9.17) is 9.47 Å². The van der Waals surface area contributed by atoms with Crippen LogP contribution in [0.25, 0.3) is 0 Å². The first kappa shape index (κ1) is 22.5. The van der Waals surface area contributed by atoms with E-state index in [0.717, 1.165) is 68.1 Å². The topological polar surface area (TPSA) is 50.8 Å². The monoisotopic (exact) mass is 448 g/mol. The molecule has 0 spiro atoms. The van der Waals surface area contributed by atoms with Crippen LogP contribution in [0.15, 0.2) is 42.5 Å². The average Bonchev–Trinajstić information content (AvgIpc) is 3.27. The molecule has 0 saturated carbocycles. The number of fused-ring (bicyclic) bond motifs is 1. The molecule has 1 fully saturated rings. The molecular weight excluding hydrogens is 421 g/mol. The summed E-state index contributed by atoms with van der Waals surface area (Å²) in [6, 6.07) is 11.0. The van der Waals surface area contributed by atoms with Crippen LogP contribution < -0.4 is 14.8 Å². The maximum absolute atomic E-state index is 12.8. The Balaban J connectivity index is 1.17. The zero-order chi connectivity index (χ0) is 22.6. The van der Waals surface area contributed by atoms with Crippen molar-refractivity contribution in [3.8, 4) is 11.5 Å². The first-order chi connectivity index (χ1) is 15.4. The Bertz CT molecular complexity index is 940. The number of halogens is 3. The second kappa shape index (κ2) is 9.81. The van der Waals surface area contributed by atoms with E-state index in [-0.39, 0.29) is 19.2 Å². The van der Waals surface area contributed by atoms with Gasteiger partial charge in [0.15, 0.2) is 11.5 Å². The highest BCUT2D eigenvalue weighted by Gasteiger charge is 2.30. The molecule has 0 bridgehead atoms. The molecular formula is C24H27F3N2O3. The van der Waals surface area contributed by atoms with Gasteiger partial charge in [0.25, 0.3) is 0 Å². The summed E-state index contributed by atoms with van der Waals surface area (Å²) in [5.74, 6) is 1.99. The summed E-state index contributed by atoms with van der Waals surface area (Å²) >= 11 is 0. The summed E-state index contributed by atoms with van der Waals surface area (Å²) in [4.78, 5) is 14.6. The van der Waals surface area contributed by atoms with Crippen LogP contribution in [0.4, 0.5) is 13.2 Å². The van der Waals surface area contributed by atoms with Gasteiger partial charge in [-0.2, -0.15) is 13.2 Å². The maximum atomic E-state index is 12.8. The molecule has 1 N–H and O–H groups in total. The number of rotatable bonds is 7. The minimum atomic E-state index is -4.38. The van der Waals surface area contributed by atoms with Gasteiger partial charge in [-0.05, 0) is 62.0 Å². The van der Waals surface area contributed by atoms with Crippen molar-refractivity contribution in [1.82, 2.24) is 10.2 Å². The zero-order valence-corrected chi connectivity index (χ0v) is 17.8. The molecule has 0 aliphatic carbocycles. The van der Waals surface area contributed by atoms with E-state index < -0.39 is 11.7 Å². The van der Waals surface area contributed by atoms with Crippen molar-refractivity contribution in [3.63, 3.8) is 0 Å². The van der Waals surface area contributed by atoms with E-state index in [1.54, 1.807) is 6.07 Å². The lowest BCUT2D eigenvalue weighted by Crippen LogP contribution is -2.33. The Hall–Kier alpha value is -2.74. The first-order valence-corrected chi connectivity index (χ1v) is 10.9. The number of hydrogen-bond acceptors (Lipinski definition) is 4. The molecule has 0 unspecified atom stereocenters. The fourth-order valence-corrected chi connectivity index (χ4v) is 4.27. The molecule has 1 amide bonds. The number of alkyl halides is 3. The van der Waals surface area contributed by atoms with E-state index >= 15 is 0 Å². The van der Waals surface area contributed by atoms with Crippen LogP contribution in [0, 0.1) is 5.92 Å². The maximum Gasteiger partial charge on any atom is 0.416 e. The quantitative estimate of drug-likeness (QED) is 0.665. The Morgan fingerprint density at radius 1 is 1.09 bits per heavy atom. The molecule has 2 aliphatic heterocycles.